The minimum atomic E-state index is -3.52. The number of sulfonamides is 1. The van der Waals surface area contributed by atoms with Crippen molar-refractivity contribution in [2.75, 3.05) is 26.0 Å². The molecular formula is C14H23N3O3S. The van der Waals surface area contributed by atoms with E-state index in [4.69, 9.17) is 5.73 Å². The van der Waals surface area contributed by atoms with E-state index in [1.54, 1.807) is 12.1 Å². The van der Waals surface area contributed by atoms with Crippen molar-refractivity contribution in [3.05, 3.63) is 24.3 Å². The van der Waals surface area contributed by atoms with Crippen molar-refractivity contribution in [3.8, 4) is 0 Å². The molecule has 1 rings (SSSR count). The molecule has 1 aromatic carbocycles. The first-order chi connectivity index (χ1) is 9.70. The average Bonchev–Trinajstić information content (AvgIpc) is 2.39. The fourth-order valence-electron chi connectivity index (χ4n) is 1.86. The summed E-state index contributed by atoms with van der Waals surface area (Å²) in [6.07, 6.45) is 0. The third-order valence-corrected chi connectivity index (χ3v) is 5.09. The van der Waals surface area contributed by atoms with Crippen LogP contribution in [0.15, 0.2) is 29.2 Å². The predicted molar refractivity (Wildman–Crippen MR) is 83.3 cm³/mol. The second-order valence-corrected chi connectivity index (χ2v) is 7.54. The van der Waals surface area contributed by atoms with Gasteiger partial charge in [-0.2, -0.15) is 0 Å². The fraction of sp³-hybridized carbons (Fsp3) is 0.500. The van der Waals surface area contributed by atoms with Gasteiger partial charge in [-0.3, -0.25) is 4.79 Å². The van der Waals surface area contributed by atoms with Gasteiger partial charge in [0.05, 0.1) is 10.8 Å². The van der Waals surface area contributed by atoms with Crippen LogP contribution in [0, 0.1) is 11.8 Å². The number of nitrogens with zero attached hydrogens (tertiary/aromatic N) is 1. The van der Waals surface area contributed by atoms with Crippen molar-refractivity contribution in [2.24, 2.45) is 17.6 Å². The zero-order chi connectivity index (χ0) is 16.2. The van der Waals surface area contributed by atoms with Crippen LogP contribution < -0.4 is 11.1 Å². The summed E-state index contributed by atoms with van der Waals surface area (Å²) in [5.74, 6) is -0.394. The Hall–Kier alpha value is -1.44. The van der Waals surface area contributed by atoms with Crippen LogP contribution in [0.25, 0.3) is 0 Å². The van der Waals surface area contributed by atoms with E-state index in [1.165, 1.54) is 26.2 Å². The van der Waals surface area contributed by atoms with Crippen LogP contribution in [0.1, 0.15) is 13.8 Å². The van der Waals surface area contributed by atoms with Crippen LogP contribution in [0.3, 0.4) is 0 Å². The first-order valence-electron chi connectivity index (χ1n) is 6.73. The molecule has 7 heteroatoms. The van der Waals surface area contributed by atoms with Crippen LogP contribution >= 0.6 is 0 Å². The van der Waals surface area contributed by atoms with E-state index in [1.807, 2.05) is 13.8 Å². The molecule has 0 aliphatic rings. The number of carbonyl (C=O) groups excluding carboxylic acids is 1. The molecule has 0 spiro atoms. The first kappa shape index (κ1) is 17.6. The molecule has 3 N–H and O–H groups in total. The van der Waals surface area contributed by atoms with Gasteiger partial charge in [-0.15, -0.1) is 0 Å². The summed E-state index contributed by atoms with van der Waals surface area (Å²) in [6, 6.07) is 6.19. The van der Waals surface area contributed by atoms with Crippen LogP contribution in [-0.2, 0) is 14.8 Å². The maximum atomic E-state index is 12.1. The Morgan fingerprint density at radius 2 is 1.95 bits per heavy atom. The number of amides is 1. The minimum absolute atomic E-state index is 0.115. The highest BCUT2D eigenvalue weighted by atomic mass is 32.2. The van der Waals surface area contributed by atoms with E-state index in [2.05, 4.69) is 5.32 Å². The summed E-state index contributed by atoms with van der Waals surface area (Å²) < 4.78 is 25.3. The lowest BCUT2D eigenvalue weighted by Gasteiger charge is -2.18. The molecule has 0 radical (unpaired) electrons. The molecule has 6 nitrogen and oxygen atoms in total. The van der Waals surface area contributed by atoms with Gasteiger partial charge in [0.15, 0.2) is 0 Å². The van der Waals surface area contributed by atoms with Gasteiger partial charge in [-0.25, -0.2) is 12.7 Å². The number of hydrogen-bond donors (Lipinski definition) is 2. The molecule has 1 atom stereocenters. The van der Waals surface area contributed by atoms with Crippen molar-refractivity contribution in [3.63, 3.8) is 0 Å². The number of carbonyl (C=O) groups is 1. The first-order valence-corrected chi connectivity index (χ1v) is 8.17. The van der Waals surface area contributed by atoms with E-state index < -0.39 is 10.0 Å². The third-order valence-electron chi connectivity index (χ3n) is 3.28. The van der Waals surface area contributed by atoms with Gasteiger partial charge in [0, 0.05) is 26.3 Å². The highest BCUT2D eigenvalue weighted by Gasteiger charge is 2.22. The maximum Gasteiger partial charge on any atom is 0.242 e. The lowest BCUT2D eigenvalue weighted by Crippen LogP contribution is -2.33. The topological polar surface area (TPSA) is 92.5 Å². The summed E-state index contributed by atoms with van der Waals surface area (Å²) >= 11 is 0. The molecule has 0 aliphatic carbocycles. The average molecular weight is 313 g/mol. The standard InChI is InChI=1S/C14H23N3O3S/c1-10(2)13(9-15)14(18)16-11-6-5-7-12(8-11)21(19,20)17(3)4/h5-8,10,13H,9,15H2,1-4H3,(H,16,18). The third kappa shape index (κ3) is 4.26. The normalized spacial score (nSPS) is 13.5. The molecule has 0 saturated heterocycles. The van der Waals surface area contributed by atoms with Crippen molar-refractivity contribution < 1.29 is 13.2 Å². The molecule has 0 fully saturated rings. The van der Waals surface area contributed by atoms with E-state index >= 15 is 0 Å². The van der Waals surface area contributed by atoms with Crippen molar-refractivity contribution in [1.29, 1.82) is 0 Å². The summed E-state index contributed by atoms with van der Waals surface area (Å²) in [4.78, 5) is 12.3. The molecule has 0 saturated carbocycles. The smallest absolute Gasteiger partial charge is 0.242 e. The van der Waals surface area contributed by atoms with Gasteiger partial charge < -0.3 is 11.1 Å². The van der Waals surface area contributed by atoms with Crippen LogP contribution in [0.4, 0.5) is 5.69 Å². The molecule has 1 amide bonds. The summed E-state index contributed by atoms with van der Waals surface area (Å²) in [5.41, 5.74) is 6.05. The molecule has 0 aromatic heterocycles. The van der Waals surface area contributed by atoms with Crippen LogP contribution in [0.5, 0.6) is 0 Å². The second kappa shape index (κ2) is 7.02. The van der Waals surface area contributed by atoms with Crippen molar-refractivity contribution in [2.45, 2.75) is 18.7 Å². The predicted octanol–water partition coefficient (Wildman–Crippen LogP) is 1.11. The Balaban J connectivity index is 3.00. The van der Waals surface area contributed by atoms with Gasteiger partial charge in [-0.05, 0) is 24.1 Å². The summed E-state index contributed by atoms with van der Waals surface area (Å²) in [7, 11) is -0.596. The molecule has 1 aromatic rings. The second-order valence-electron chi connectivity index (χ2n) is 5.39. The van der Waals surface area contributed by atoms with Crippen molar-refractivity contribution in [1.82, 2.24) is 4.31 Å². The Morgan fingerprint density at radius 3 is 2.43 bits per heavy atom. The Morgan fingerprint density at radius 1 is 1.33 bits per heavy atom. The van der Waals surface area contributed by atoms with Crippen LogP contribution in [-0.4, -0.2) is 39.3 Å². The van der Waals surface area contributed by atoms with Gasteiger partial charge >= 0.3 is 0 Å². The Bertz CT molecular complexity index is 597. The van der Waals surface area contributed by atoms with Gasteiger partial charge in [-0.1, -0.05) is 19.9 Å². The molecule has 0 bridgehead atoms. The number of rotatable bonds is 6. The SMILES string of the molecule is CC(C)C(CN)C(=O)Nc1cccc(S(=O)(=O)N(C)C)c1. The number of nitrogens with two attached hydrogens (primary N) is 1. The van der Waals surface area contributed by atoms with E-state index in [0.29, 0.717) is 5.69 Å². The van der Waals surface area contributed by atoms with Crippen LogP contribution in [0.2, 0.25) is 0 Å². The molecule has 21 heavy (non-hydrogen) atoms. The zero-order valence-corrected chi connectivity index (χ0v) is 13.6. The van der Waals surface area contributed by atoms with Gasteiger partial charge in [0.25, 0.3) is 0 Å². The highest BCUT2D eigenvalue weighted by molar-refractivity contribution is 7.89. The summed E-state index contributed by atoms with van der Waals surface area (Å²) in [6.45, 7) is 4.09. The quantitative estimate of drug-likeness (QED) is 0.822. The number of anilines is 1. The number of benzene rings is 1. The molecule has 0 aliphatic heterocycles. The van der Waals surface area contributed by atoms with E-state index in [0.717, 1.165) is 4.31 Å². The van der Waals surface area contributed by atoms with Gasteiger partial charge in [0.1, 0.15) is 0 Å². The lowest BCUT2D eigenvalue weighted by atomic mass is 9.95. The molecule has 1 unspecified atom stereocenters. The van der Waals surface area contributed by atoms with Gasteiger partial charge in [0.2, 0.25) is 15.9 Å². The molecule has 118 valence electrons. The fourth-order valence-corrected chi connectivity index (χ4v) is 2.81. The minimum Gasteiger partial charge on any atom is -0.330 e. The monoisotopic (exact) mass is 313 g/mol. The van der Waals surface area contributed by atoms with Crippen molar-refractivity contribution >= 4 is 21.6 Å². The largest absolute Gasteiger partial charge is 0.330 e. The highest BCUT2D eigenvalue weighted by Crippen LogP contribution is 2.19. The number of nitrogens with one attached hydrogen (secondary N) is 1. The Labute approximate surface area is 126 Å². The Kier molecular flexibility index (Phi) is 5.88. The summed E-state index contributed by atoms with van der Waals surface area (Å²) in [5, 5.41) is 2.72. The van der Waals surface area contributed by atoms with E-state index in [-0.39, 0.29) is 29.2 Å². The molecule has 0 heterocycles. The van der Waals surface area contributed by atoms with E-state index in [9.17, 15) is 13.2 Å². The zero-order valence-electron chi connectivity index (χ0n) is 12.8. The number of hydrogen-bond acceptors (Lipinski definition) is 4. The molecular weight excluding hydrogens is 290 g/mol. The maximum absolute atomic E-state index is 12.1. The lowest BCUT2D eigenvalue weighted by molar-refractivity contribution is -0.120.